The molecule has 118 valence electrons. The van der Waals surface area contributed by atoms with E-state index in [2.05, 4.69) is 35.1 Å². The molecule has 0 saturated carbocycles. The van der Waals surface area contributed by atoms with Gasteiger partial charge in [0.15, 0.2) is 11.0 Å². The Balaban J connectivity index is 2.28. The molecule has 0 aliphatic heterocycles. The van der Waals surface area contributed by atoms with Crippen LogP contribution in [0.5, 0.6) is 0 Å². The van der Waals surface area contributed by atoms with Crippen LogP contribution in [0.3, 0.4) is 0 Å². The summed E-state index contributed by atoms with van der Waals surface area (Å²) in [7, 11) is 3.56. The molecule has 0 spiro atoms. The van der Waals surface area contributed by atoms with Crippen LogP contribution in [0.2, 0.25) is 0 Å². The minimum Gasteiger partial charge on any atom is -0.345 e. The predicted molar refractivity (Wildman–Crippen MR) is 91.9 cm³/mol. The lowest BCUT2D eigenvalue weighted by molar-refractivity contribution is -0.674. The molecule has 1 amide bonds. The number of benzene rings is 2. The summed E-state index contributed by atoms with van der Waals surface area (Å²) in [5.74, 6) is 1.18. The monoisotopic (exact) mass is 308 g/mol. The molecule has 2 aromatic carbocycles. The third-order valence-corrected chi connectivity index (χ3v) is 4.21. The van der Waals surface area contributed by atoms with Crippen molar-refractivity contribution in [3.63, 3.8) is 0 Å². The first kappa shape index (κ1) is 15.3. The van der Waals surface area contributed by atoms with Crippen LogP contribution < -0.4 is 4.57 Å². The van der Waals surface area contributed by atoms with Crippen LogP contribution in [0.25, 0.3) is 16.7 Å². The number of amides is 1. The lowest BCUT2D eigenvalue weighted by Crippen LogP contribution is -2.35. The van der Waals surface area contributed by atoms with Crippen molar-refractivity contribution in [3.05, 3.63) is 59.9 Å². The maximum Gasteiger partial charge on any atom is 0.259 e. The van der Waals surface area contributed by atoms with E-state index in [9.17, 15) is 4.79 Å². The number of aromatic nitrogens is 2. The van der Waals surface area contributed by atoms with Gasteiger partial charge in [-0.15, -0.1) is 0 Å². The van der Waals surface area contributed by atoms with E-state index in [4.69, 9.17) is 0 Å². The highest BCUT2D eigenvalue weighted by molar-refractivity contribution is 5.96. The molecule has 3 aromatic rings. The van der Waals surface area contributed by atoms with Gasteiger partial charge >= 0.3 is 0 Å². The number of hydrogen-bond donors (Lipinski definition) is 0. The quantitative estimate of drug-likeness (QED) is 0.684. The molecule has 1 heterocycles. The second-order valence-corrected chi connectivity index (χ2v) is 5.87. The largest absolute Gasteiger partial charge is 0.345 e. The molecule has 1 aromatic heterocycles. The van der Waals surface area contributed by atoms with E-state index < -0.39 is 0 Å². The third kappa shape index (κ3) is 2.50. The molecular weight excluding hydrogens is 286 g/mol. The summed E-state index contributed by atoms with van der Waals surface area (Å²) in [4.78, 5) is 13.9. The van der Waals surface area contributed by atoms with Crippen molar-refractivity contribution < 1.29 is 9.36 Å². The Morgan fingerprint density at radius 2 is 1.83 bits per heavy atom. The van der Waals surface area contributed by atoms with Crippen LogP contribution in [0.15, 0.2) is 48.5 Å². The zero-order valence-corrected chi connectivity index (χ0v) is 14.1. The zero-order chi connectivity index (χ0) is 16.6. The summed E-state index contributed by atoms with van der Waals surface area (Å²) in [5, 5.41) is 0. The maximum atomic E-state index is 12.3. The molecule has 0 bridgehead atoms. The van der Waals surface area contributed by atoms with E-state index in [1.54, 1.807) is 19.0 Å². The van der Waals surface area contributed by atoms with Gasteiger partial charge in [0.05, 0.1) is 6.54 Å². The summed E-state index contributed by atoms with van der Waals surface area (Å²) in [6.45, 7) is 5.11. The molecule has 0 N–H and O–H groups in total. The number of nitrogens with zero attached hydrogens (tertiary/aromatic N) is 3. The van der Waals surface area contributed by atoms with Gasteiger partial charge in [0, 0.05) is 32.6 Å². The molecule has 23 heavy (non-hydrogen) atoms. The number of hydrogen-bond acceptors (Lipinski definition) is 1. The van der Waals surface area contributed by atoms with Crippen molar-refractivity contribution in [2.45, 2.75) is 20.4 Å². The van der Waals surface area contributed by atoms with Gasteiger partial charge in [0.2, 0.25) is 0 Å². The Kier molecular flexibility index (Phi) is 3.90. The molecule has 0 saturated heterocycles. The first-order valence-electron chi connectivity index (χ1n) is 7.86. The number of fused-ring (bicyclic) bond motifs is 1. The number of imidazole rings is 1. The highest BCUT2D eigenvalue weighted by Gasteiger charge is 2.23. The number of carbonyl (C=O) groups excluding carboxylic acids is 1. The van der Waals surface area contributed by atoms with E-state index in [0.29, 0.717) is 0 Å². The summed E-state index contributed by atoms with van der Waals surface area (Å²) in [6, 6.07) is 16.2. The van der Waals surface area contributed by atoms with Crippen LogP contribution >= 0.6 is 0 Å². The van der Waals surface area contributed by atoms with Gasteiger partial charge in [-0.3, -0.25) is 4.79 Å². The standard InChI is InChI=1S/C19H22N3O/c1-5-21-14(2)22(16-9-7-6-8-10-16)17-12-11-15(13-18(17)21)19(23)20(3)4/h6-13H,5H2,1-4H3/q+1. The molecule has 0 aliphatic carbocycles. The number of aryl methyl sites for hydroxylation is 1. The van der Waals surface area contributed by atoms with Gasteiger partial charge < -0.3 is 4.90 Å². The maximum absolute atomic E-state index is 12.3. The molecular formula is C19H22N3O+. The fourth-order valence-corrected chi connectivity index (χ4v) is 3.09. The van der Waals surface area contributed by atoms with Gasteiger partial charge in [-0.1, -0.05) is 18.2 Å². The fraction of sp³-hybridized carbons (Fsp3) is 0.263. The van der Waals surface area contributed by atoms with Crippen molar-refractivity contribution in [3.8, 4) is 5.69 Å². The van der Waals surface area contributed by atoms with E-state index >= 15 is 0 Å². The minimum absolute atomic E-state index is 0.0275. The minimum atomic E-state index is 0.0275. The van der Waals surface area contributed by atoms with E-state index in [-0.39, 0.29) is 5.91 Å². The van der Waals surface area contributed by atoms with Crippen LogP contribution in [0, 0.1) is 6.92 Å². The van der Waals surface area contributed by atoms with E-state index in [1.807, 2.05) is 36.4 Å². The highest BCUT2D eigenvalue weighted by Crippen LogP contribution is 2.21. The first-order chi connectivity index (χ1) is 11.0. The lowest BCUT2D eigenvalue weighted by Gasteiger charge is -2.09. The van der Waals surface area contributed by atoms with Gasteiger partial charge in [-0.2, -0.15) is 4.57 Å². The lowest BCUT2D eigenvalue weighted by atomic mass is 10.1. The Morgan fingerprint density at radius 3 is 2.43 bits per heavy atom. The molecule has 0 fully saturated rings. The van der Waals surface area contributed by atoms with Gasteiger partial charge in [-0.05, 0) is 31.2 Å². The summed E-state index contributed by atoms with van der Waals surface area (Å²) in [5.41, 5.74) is 4.05. The van der Waals surface area contributed by atoms with Crippen LogP contribution in [0.1, 0.15) is 23.1 Å². The number of para-hydroxylation sites is 1. The molecule has 4 nitrogen and oxygen atoms in total. The Hall–Kier alpha value is -2.62. The van der Waals surface area contributed by atoms with Crippen LogP contribution in [-0.2, 0) is 6.54 Å². The van der Waals surface area contributed by atoms with Gasteiger partial charge in [0.1, 0.15) is 5.69 Å². The molecule has 0 aliphatic rings. The average Bonchev–Trinajstić information content (AvgIpc) is 2.85. The molecule has 0 atom stereocenters. The normalized spacial score (nSPS) is 11.0. The highest BCUT2D eigenvalue weighted by atomic mass is 16.2. The summed E-state index contributed by atoms with van der Waals surface area (Å²) >= 11 is 0. The Labute approximate surface area is 136 Å². The molecule has 0 unspecified atom stereocenters. The van der Waals surface area contributed by atoms with Crippen LogP contribution in [-0.4, -0.2) is 29.5 Å². The van der Waals surface area contributed by atoms with Crippen molar-refractivity contribution in [1.82, 2.24) is 9.47 Å². The second-order valence-electron chi connectivity index (χ2n) is 5.87. The predicted octanol–water partition coefficient (Wildman–Crippen LogP) is 2.95. The van der Waals surface area contributed by atoms with Gasteiger partial charge in [-0.25, -0.2) is 4.57 Å². The van der Waals surface area contributed by atoms with Crippen molar-refractivity contribution in [1.29, 1.82) is 0 Å². The molecule has 3 rings (SSSR count). The fourth-order valence-electron chi connectivity index (χ4n) is 3.09. The van der Waals surface area contributed by atoms with E-state index in [1.165, 1.54) is 0 Å². The first-order valence-corrected chi connectivity index (χ1v) is 7.86. The summed E-state index contributed by atoms with van der Waals surface area (Å²) in [6.07, 6.45) is 0. The van der Waals surface area contributed by atoms with Crippen molar-refractivity contribution in [2.75, 3.05) is 14.1 Å². The Morgan fingerprint density at radius 1 is 1.13 bits per heavy atom. The van der Waals surface area contributed by atoms with Crippen molar-refractivity contribution >= 4 is 16.9 Å². The van der Waals surface area contributed by atoms with E-state index in [0.717, 1.165) is 34.7 Å². The second kappa shape index (κ2) is 5.88. The van der Waals surface area contributed by atoms with Crippen LogP contribution in [0.4, 0.5) is 0 Å². The SMILES string of the molecule is CC[n+]1c(C)n(-c2ccccc2)c2ccc(C(=O)N(C)C)cc21. The van der Waals surface area contributed by atoms with Crippen molar-refractivity contribution in [2.24, 2.45) is 0 Å². The topological polar surface area (TPSA) is 29.1 Å². The van der Waals surface area contributed by atoms with Gasteiger partial charge in [0.25, 0.3) is 11.7 Å². The summed E-state index contributed by atoms with van der Waals surface area (Å²) < 4.78 is 4.48. The third-order valence-electron chi connectivity index (χ3n) is 4.21. The molecule has 4 heteroatoms. The molecule has 0 radical (unpaired) electrons. The number of rotatable bonds is 3. The number of carbonyl (C=O) groups is 1. The Bertz CT molecular complexity index is 863. The zero-order valence-electron chi connectivity index (χ0n) is 14.1. The smallest absolute Gasteiger partial charge is 0.259 e. The average molecular weight is 308 g/mol.